The summed E-state index contributed by atoms with van der Waals surface area (Å²) in [5.74, 6) is -0.202. The first-order valence-electron chi connectivity index (χ1n) is 4.79. The van der Waals surface area contributed by atoms with E-state index in [-0.39, 0.29) is 11.4 Å². The molecule has 0 aliphatic carbocycles. The highest BCUT2D eigenvalue weighted by Gasteiger charge is 2.16. The molecule has 0 atom stereocenters. The van der Waals surface area contributed by atoms with Crippen molar-refractivity contribution in [2.24, 2.45) is 5.41 Å². The predicted molar refractivity (Wildman–Crippen MR) is 53.6 cm³/mol. The highest BCUT2D eigenvalue weighted by Crippen LogP contribution is 2.20. The van der Waals surface area contributed by atoms with E-state index in [0.717, 1.165) is 6.54 Å². The lowest BCUT2D eigenvalue weighted by atomic mass is 9.88. The largest absolute Gasteiger partial charge is 0.468 e. The first-order chi connectivity index (χ1) is 6.02. The van der Waals surface area contributed by atoms with E-state index in [1.54, 1.807) is 0 Å². The molecule has 0 saturated carbocycles. The van der Waals surface area contributed by atoms with Crippen molar-refractivity contribution in [2.45, 2.75) is 33.6 Å². The molecule has 0 amide bonds. The Labute approximate surface area is 80.8 Å². The minimum atomic E-state index is -0.202. The molecule has 1 N–H and O–H groups in total. The van der Waals surface area contributed by atoms with E-state index in [2.05, 4.69) is 30.8 Å². The van der Waals surface area contributed by atoms with E-state index in [1.807, 2.05) is 0 Å². The van der Waals surface area contributed by atoms with Gasteiger partial charge in [0.2, 0.25) is 0 Å². The number of methoxy groups -OCH3 is 1. The van der Waals surface area contributed by atoms with Crippen molar-refractivity contribution < 1.29 is 9.53 Å². The van der Waals surface area contributed by atoms with Gasteiger partial charge in [-0.25, -0.2) is 0 Å². The Morgan fingerprint density at radius 3 is 2.54 bits per heavy atom. The summed E-state index contributed by atoms with van der Waals surface area (Å²) < 4.78 is 4.52. The molecule has 0 aliphatic heterocycles. The highest BCUT2D eigenvalue weighted by molar-refractivity contribution is 5.71. The van der Waals surface area contributed by atoms with Gasteiger partial charge in [-0.05, 0) is 11.8 Å². The van der Waals surface area contributed by atoms with Gasteiger partial charge in [0.05, 0.1) is 13.7 Å². The fourth-order valence-corrected chi connectivity index (χ4v) is 1.34. The summed E-state index contributed by atoms with van der Waals surface area (Å²) >= 11 is 0. The lowest BCUT2D eigenvalue weighted by Crippen LogP contribution is -2.33. The average molecular weight is 187 g/mol. The normalized spacial score (nSPS) is 11.4. The third-order valence-electron chi connectivity index (χ3n) is 2.03. The van der Waals surface area contributed by atoms with Gasteiger partial charge in [0.25, 0.3) is 0 Å². The van der Waals surface area contributed by atoms with Gasteiger partial charge >= 0.3 is 5.97 Å². The molecule has 0 fully saturated rings. The van der Waals surface area contributed by atoms with Crippen LogP contribution in [0.1, 0.15) is 33.6 Å². The van der Waals surface area contributed by atoms with Gasteiger partial charge in [-0.3, -0.25) is 4.79 Å². The van der Waals surface area contributed by atoms with Crippen molar-refractivity contribution >= 4 is 5.97 Å². The number of carbonyl (C=O) groups is 1. The van der Waals surface area contributed by atoms with Gasteiger partial charge in [-0.1, -0.05) is 27.2 Å². The van der Waals surface area contributed by atoms with E-state index in [9.17, 15) is 4.79 Å². The lowest BCUT2D eigenvalue weighted by Gasteiger charge is -2.23. The maximum absolute atomic E-state index is 10.8. The molecular weight excluding hydrogens is 166 g/mol. The summed E-state index contributed by atoms with van der Waals surface area (Å²) in [4.78, 5) is 10.8. The summed E-state index contributed by atoms with van der Waals surface area (Å²) in [6.07, 6.45) is 2.34. The summed E-state index contributed by atoms with van der Waals surface area (Å²) in [5, 5.41) is 3.09. The number of nitrogens with one attached hydrogen (secondary N) is 1. The second-order valence-corrected chi connectivity index (χ2v) is 4.09. The molecule has 0 aliphatic rings. The standard InChI is InChI=1S/C10H21NO2/c1-5-6-10(2,3)8-11-7-9(12)13-4/h11H,5-8H2,1-4H3. The topological polar surface area (TPSA) is 38.3 Å². The Hall–Kier alpha value is -0.570. The monoisotopic (exact) mass is 187 g/mol. The van der Waals surface area contributed by atoms with Crippen molar-refractivity contribution in [1.29, 1.82) is 0 Å². The molecule has 0 bridgehead atoms. The average Bonchev–Trinajstić information content (AvgIpc) is 2.03. The van der Waals surface area contributed by atoms with Crippen LogP contribution >= 0.6 is 0 Å². The molecule has 3 heteroatoms. The van der Waals surface area contributed by atoms with Crippen molar-refractivity contribution in [2.75, 3.05) is 20.2 Å². The van der Waals surface area contributed by atoms with Gasteiger partial charge in [0, 0.05) is 6.54 Å². The zero-order valence-electron chi connectivity index (χ0n) is 9.14. The minimum absolute atomic E-state index is 0.202. The van der Waals surface area contributed by atoms with Crippen LogP contribution in [-0.2, 0) is 9.53 Å². The molecule has 0 radical (unpaired) electrons. The SMILES string of the molecule is CCCC(C)(C)CNCC(=O)OC. The third kappa shape index (κ3) is 6.58. The summed E-state index contributed by atoms with van der Waals surface area (Å²) in [6, 6.07) is 0. The van der Waals surface area contributed by atoms with Crippen LogP contribution in [0.25, 0.3) is 0 Å². The first kappa shape index (κ1) is 12.4. The molecule has 3 nitrogen and oxygen atoms in total. The highest BCUT2D eigenvalue weighted by atomic mass is 16.5. The molecule has 0 rings (SSSR count). The molecule has 78 valence electrons. The fourth-order valence-electron chi connectivity index (χ4n) is 1.34. The van der Waals surface area contributed by atoms with Crippen LogP contribution < -0.4 is 5.32 Å². The van der Waals surface area contributed by atoms with Gasteiger partial charge < -0.3 is 10.1 Å². The Kier molecular flexibility index (Phi) is 5.71. The Bertz CT molecular complexity index is 155. The van der Waals surface area contributed by atoms with E-state index >= 15 is 0 Å². The van der Waals surface area contributed by atoms with Crippen molar-refractivity contribution in [3.63, 3.8) is 0 Å². The quantitative estimate of drug-likeness (QED) is 0.641. The van der Waals surface area contributed by atoms with Gasteiger partial charge in [-0.15, -0.1) is 0 Å². The molecule has 0 heterocycles. The van der Waals surface area contributed by atoms with Crippen LogP contribution in [0.15, 0.2) is 0 Å². The second-order valence-electron chi connectivity index (χ2n) is 4.09. The van der Waals surface area contributed by atoms with Crippen molar-refractivity contribution in [3.05, 3.63) is 0 Å². The number of hydrogen-bond acceptors (Lipinski definition) is 3. The minimum Gasteiger partial charge on any atom is -0.468 e. The smallest absolute Gasteiger partial charge is 0.319 e. The number of esters is 1. The molecule has 0 aromatic carbocycles. The van der Waals surface area contributed by atoms with E-state index in [1.165, 1.54) is 20.0 Å². The maximum atomic E-state index is 10.8. The first-order valence-corrected chi connectivity index (χ1v) is 4.79. The molecular formula is C10H21NO2. The number of rotatable bonds is 6. The predicted octanol–water partition coefficient (Wildman–Crippen LogP) is 1.58. The number of ether oxygens (including phenoxy) is 1. The van der Waals surface area contributed by atoms with Crippen LogP contribution in [0.3, 0.4) is 0 Å². The van der Waals surface area contributed by atoms with Crippen LogP contribution in [0.5, 0.6) is 0 Å². The van der Waals surface area contributed by atoms with Crippen molar-refractivity contribution in [1.82, 2.24) is 5.32 Å². The summed E-state index contributed by atoms with van der Waals surface area (Å²) in [5.41, 5.74) is 0.267. The Morgan fingerprint density at radius 1 is 1.46 bits per heavy atom. The fraction of sp³-hybridized carbons (Fsp3) is 0.900. The van der Waals surface area contributed by atoms with Crippen molar-refractivity contribution in [3.8, 4) is 0 Å². The van der Waals surface area contributed by atoms with Crippen LogP contribution in [0.4, 0.5) is 0 Å². The van der Waals surface area contributed by atoms with Crippen LogP contribution in [-0.4, -0.2) is 26.2 Å². The summed E-state index contributed by atoms with van der Waals surface area (Å²) in [7, 11) is 1.40. The van der Waals surface area contributed by atoms with Crippen LogP contribution in [0.2, 0.25) is 0 Å². The van der Waals surface area contributed by atoms with Gasteiger partial charge in [0.1, 0.15) is 0 Å². The molecule has 0 aromatic rings. The van der Waals surface area contributed by atoms with E-state index in [0.29, 0.717) is 6.54 Å². The van der Waals surface area contributed by atoms with Gasteiger partial charge in [-0.2, -0.15) is 0 Å². The summed E-state index contributed by atoms with van der Waals surface area (Å²) in [6.45, 7) is 7.73. The molecule has 0 saturated heterocycles. The Morgan fingerprint density at radius 2 is 2.08 bits per heavy atom. The molecule has 0 unspecified atom stereocenters. The molecule has 0 aromatic heterocycles. The van der Waals surface area contributed by atoms with Gasteiger partial charge in [0.15, 0.2) is 0 Å². The van der Waals surface area contributed by atoms with E-state index in [4.69, 9.17) is 0 Å². The molecule has 0 spiro atoms. The third-order valence-corrected chi connectivity index (χ3v) is 2.03. The zero-order chi connectivity index (χ0) is 10.3. The lowest BCUT2D eigenvalue weighted by molar-refractivity contribution is -0.139. The Balaban J connectivity index is 3.56. The second kappa shape index (κ2) is 5.97. The maximum Gasteiger partial charge on any atom is 0.319 e. The number of hydrogen-bond donors (Lipinski definition) is 1. The van der Waals surface area contributed by atoms with Crippen LogP contribution in [0, 0.1) is 5.41 Å². The molecule has 13 heavy (non-hydrogen) atoms. The van der Waals surface area contributed by atoms with E-state index < -0.39 is 0 Å². The number of carbonyl (C=O) groups excluding carboxylic acids is 1. The zero-order valence-corrected chi connectivity index (χ0v) is 9.14.